The van der Waals surface area contributed by atoms with Crippen LogP contribution in [-0.4, -0.2) is 65.4 Å². The van der Waals surface area contributed by atoms with Crippen LogP contribution >= 0.6 is 0 Å². The van der Waals surface area contributed by atoms with Gasteiger partial charge >= 0.3 is 0 Å². The molecule has 1 atom stereocenters. The molecule has 3 heterocycles. The second kappa shape index (κ2) is 10.1. The normalized spacial score (nSPS) is 18.6. The van der Waals surface area contributed by atoms with E-state index in [-0.39, 0.29) is 4.90 Å². The number of rotatable bonds is 6. The van der Waals surface area contributed by atoms with E-state index < -0.39 is 10.0 Å². The van der Waals surface area contributed by atoms with Gasteiger partial charge in [0.2, 0.25) is 16.0 Å². The number of anilines is 2. The van der Waals surface area contributed by atoms with Crippen molar-refractivity contribution < 1.29 is 8.42 Å². The lowest BCUT2D eigenvalue weighted by molar-refractivity contribution is 0.222. The van der Waals surface area contributed by atoms with Gasteiger partial charge in [0.25, 0.3) is 0 Å². The average molecular weight is 531 g/mol. The molecule has 1 saturated heterocycles. The van der Waals surface area contributed by atoms with E-state index >= 15 is 0 Å². The molecule has 198 valence electrons. The maximum atomic E-state index is 13.0. The van der Waals surface area contributed by atoms with E-state index in [1.807, 2.05) is 30.3 Å². The Labute approximate surface area is 224 Å². The highest BCUT2D eigenvalue weighted by Crippen LogP contribution is 2.31. The Balaban J connectivity index is 1.28. The summed E-state index contributed by atoms with van der Waals surface area (Å²) in [5.74, 6) is 0.480. The zero-order valence-corrected chi connectivity index (χ0v) is 22.8. The van der Waals surface area contributed by atoms with Gasteiger partial charge < -0.3 is 10.2 Å². The Morgan fingerprint density at radius 1 is 0.921 bits per heavy atom. The third-order valence-electron chi connectivity index (χ3n) is 7.89. The third kappa shape index (κ3) is 4.70. The van der Waals surface area contributed by atoms with Crippen molar-refractivity contribution in [2.75, 3.05) is 32.5 Å². The summed E-state index contributed by atoms with van der Waals surface area (Å²) < 4.78 is 29.0. The molecule has 1 N–H and O–H groups in total. The molecule has 1 aliphatic heterocycles. The van der Waals surface area contributed by atoms with Crippen LogP contribution in [0.1, 0.15) is 36.8 Å². The highest BCUT2D eigenvalue weighted by molar-refractivity contribution is 7.89. The van der Waals surface area contributed by atoms with Gasteiger partial charge in [0.1, 0.15) is 0 Å². The number of nitrogens with zero attached hydrogens (tertiary/aromatic N) is 5. The summed E-state index contributed by atoms with van der Waals surface area (Å²) in [7, 11) is -0.556. The highest BCUT2D eigenvalue weighted by atomic mass is 32.2. The Hall–Kier alpha value is -3.27. The summed E-state index contributed by atoms with van der Waals surface area (Å²) in [4.78, 5) is 7.61. The number of aromatic nitrogens is 3. The van der Waals surface area contributed by atoms with Crippen LogP contribution in [0.5, 0.6) is 0 Å². The molecule has 0 bridgehead atoms. The van der Waals surface area contributed by atoms with Gasteiger partial charge in [0, 0.05) is 31.4 Å². The van der Waals surface area contributed by atoms with Gasteiger partial charge in [-0.15, -0.1) is 5.10 Å². The molecule has 2 aromatic heterocycles. The first kappa shape index (κ1) is 25.0. The molecular formula is C29H34N6O2S. The summed E-state index contributed by atoms with van der Waals surface area (Å²) >= 11 is 0. The number of nitrogens with one attached hydrogen (secondary N) is 1. The first-order valence-corrected chi connectivity index (χ1v) is 14.8. The molecule has 2 aromatic carbocycles. The number of benzene rings is 2. The van der Waals surface area contributed by atoms with Crippen LogP contribution in [0.3, 0.4) is 0 Å². The summed E-state index contributed by atoms with van der Waals surface area (Å²) in [5, 5.41) is 8.12. The molecule has 2 aliphatic rings. The summed E-state index contributed by atoms with van der Waals surface area (Å²) in [6.07, 6.45) is 7.34. The molecule has 4 aromatic rings. The predicted molar refractivity (Wildman–Crippen MR) is 150 cm³/mol. The molecule has 0 amide bonds. The van der Waals surface area contributed by atoms with Gasteiger partial charge in [-0.05, 0) is 93.1 Å². The van der Waals surface area contributed by atoms with Crippen LogP contribution in [0.15, 0.2) is 65.6 Å². The van der Waals surface area contributed by atoms with E-state index in [1.54, 1.807) is 16.6 Å². The molecule has 1 aliphatic carbocycles. The van der Waals surface area contributed by atoms with Gasteiger partial charge in [0.15, 0.2) is 5.65 Å². The fourth-order valence-electron chi connectivity index (χ4n) is 5.83. The first-order chi connectivity index (χ1) is 18.4. The van der Waals surface area contributed by atoms with Crippen LogP contribution < -0.4 is 5.32 Å². The van der Waals surface area contributed by atoms with Gasteiger partial charge in [-0.3, -0.25) is 0 Å². The largest absolute Gasteiger partial charge is 0.323 e. The topological polar surface area (TPSA) is 82.8 Å². The second-order valence-corrected chi connectivity index (χ2v) is 12.6. The van der Waals surface area contributed by atoms with Crippen molar-refractivity contribution >= 4 is 27.3 Å². The van der Waals surface area contributed by atoms with E-state index in [1.165, 1.54) is 68.3 Å². The molecule has 1 fully saturated rings. The minimum atomic E-state index is -3.63. The van der Waals surface area contributed by atoms with E-state index in [2.05, 4.69) is 28.4 Å². The summed E-state index contributed by atoms with van der Waals surface area (Å²) in [6, 6.07) is 19.9. The van der Waals surface area contributed by atoms with E-state index in [4.69, 9.17) is 10.1 Å². The first-order valence-electron chi connectivity index (χ1n) is 13.4. The van der Waals surface area contributed by atoms with Crippen molar-refractivity contribution in [2.45, 2.75) is 49.5 Å². The number of likely N-dealkylation sites (tertiary alicyclic amines) is 1. The fourth-order valence-corrected chi connectivity index (χ4v) is 6.93. The number of fused-ring (bicyclic) bond motifs is 2. The Morgan fingerprint density at radius 2 is 1.68 bits per heavy atom. The number of hydrogen-bond donors (Lipinski definition) is 1. The molecule has 8 nitrogen and oxygen atoms in total. The Bertz CT molecular complexity index is 1570. The van der Waals surface area contributed by atoms with Crippen LogP contribution in [0.4, 0.5) is 11.6 Å². The maximum Gasteiger partial charge on any atom is 0.247 e. The number of pyridine rings is 1. The minimum absolute atomic E-state index is 0.237. The highest BCUT2D eigenvalue weighted by Gasteiger charge is 2.25. The molecule has 0 saturated carbocycles. The predicted octanol–water partition coefficient (Wildman–Crippen LogP) is 4.73. The van der Waals surface area contributed by atoms with Crippen molar-refractivity contribution in [1.29, 1.82) is 0 Å². The molecule has 0 radical (unpaired) electrons. The van der Waals surface area contributed by atoms with Gasteiger partial charge in [0.05, 0.1) is 10.6 Å². The van der Waals surface area contributed by atoms with Crippen molar-refractivity contribution in [3.8, 4) is 11.3 Å². The average Bonchev–Trinajstić information content (AvgIpc) is 3.55. The van der Waals surface area contributed by atoms with Gasteiger partial charge in [-0.2, -0.15) is 4.98 Å². The van der Waals surface area contributed by atoms with Crippen molar-refractivity contribution in [2.24, 2.45) is 0 Å². The summed E-state index contributed by atoms with van der Waals surface area (Å²) in [6.45, 7) is 2.50. The summed E-state index contributed by atoms with van der Waals surface area (Å²) in [5.41, 5.74) is 5.71. The molecule has 9 heteroatoms. The van der Waals surface area contributed by atoms with Crippen molar-refractivity contribution in [3.63, 3.8) is 0 Å². The van der Waals surface area contributed by atoms with E-state index in [9.17, 15) is 8.42 Å². The quantitative estimate of drug-likeness (QED) is 0.363. The van der Waals surface area contributed by atoms with Crippen LogP contribution in [0.25, 0.3) is 16.9 Å². The standard InChI is InChI=1S/C29H34N6O2S/c1-33(2)38(36,37)27-10-4-3-8-25(27)26-9-7-11-28-31-29(32-35(26)28)30-23-15-12-21-13-16-24(17-14-22(21)20-23)34-18-5-6-19-34/h3-4,7-12,15,20,24H,5-6,13-14,16-19H2,1-2H3,(H,30,32)/t24-/m0/s1. The third-order valence-corrected chi connectivity index (χ3v) is 9.77. The van der Waals surface area contributed by atoms with Crippen LogP contribution in [0, 0.1) is 0 Å². The van der Waals surface area contributed by atoms with Crippen LogP contribution in [0.2, 0.25) is 0 Å². The minimum Gasteiger partial charge on any atom is -0.323 e. The van der Waals surface area contributed by atoms with Crippen molar-refractivity contribution in [3.05, 3.63) is 71.8 Å². The number of aryl methyl sites for hydroxylation is 2. The lowest BCUT2D eigenvalue weighted by Gasteiger charge is -2.25. The second-order valence-electron chi connectivity index (χ2n) is 10.5. The lowest BCUT2D eigenvalue weighted by atomic mass is 10.0. The maximum absolute atomic E-state index is 13.0. The molecule has 0 unspecified atom stereocenters. The number of sulfonamides is 1. The van der Waals surface area contributed by atoms with Crippen LogP contribution in [-0.2, 0) is 22.9 Å². The van der Waals surface area contributed by atoms with Crippen molar-refractivity contribution in [1.82, 2.24) is 23.8 Å². The fraction of sp³-hybridized carbons (Fsp3) is 0.379. The van der Waals surface area contributed by atoms with E-state index in [0.29, 0.717) is 28.9 Å². The molecular weight excluding hydrogens is 496 g/mol. The molecule has 6 rings (SSSR count). The molecule has 0 spiro atoms. The Kier molecular flexibility index (Phi) is 6.67. The zero-order chi connectivity index (χ0) is 26.3. The number of hydrogen-bond acceptors (Lipinski definition) is 6. The SMILES string of the molecule is CN(C)S(=O)(=O)c1ccccc1-c1cccc2nc(Nc3ccc4c(c3)CC[C@@H](N3CCCC3)CC4)nn12. The zero-order valence-electron chi connectivity index (χ0n) is 22.0. The van der Waals surface area contributed by atoms with Gasteiger partial charge in [-0.1, -0.05) is 30.3 Å². The smallest absolute Gasteiger partial charge is 0.247 e. The lowest BCUT2D eigenvalue weighted by Crippen LogP contribution is -2.32. The Morgan fingerprint density at radius 3 is 2.47 bits per heavy atom. The van der Waals surface area contributed by atoms with E-state index in [0.717, 1.165) is 18.5 Å². The van der Waals surface area contributed by atoms with Gasteiger partial charge in [-0.25, -0.2) is 17.2 Å². The monoisotopic (exact) mass is 530 g/mol. The molecule has 38 heavy (non-hydrogen) atoms.